The van der Waals surface area contributed by atoms with E-state index in [4.69, 9.17) is 51.1 Å². The zero-order valence-corrected chi connectivity index (χ0v) is 12.5. The SMILES string of the molecule is O=[N+]([O-])c1cccc(Cl)c1Oc1nc(Cl)c(Cl)cc1Cl. The molecule has 0 radical (unpaired) electrons. The maximum Gasteiger partial charge on any atom is 0.313 e. The van der Waals surface area contributed by atoms with Crippen LogP contribution in [0.3, 0.4) is 0 Å². The second kappa shape index (κ2) is 6.01. The summed E-state index contributed by atoms with van der Waals surface area (Å²) in [5, 5.41) is 11.1. The Labute approximate surface area is 133 Å². The first-order valence-electron chi connectivity index (χ1n) is 5.02. The van der Waals surface area contributed by atoms with Crippen molar-refractivity contribution < 1.29 is 9.66 Å². The highest BCUT2D eigenvalue weighted by Crippen LogP contribution is 2.40. The highest BCUT2D eigenvalue weighted by atomic mass is 35.5. The van der Waals surface area contributed by atoms with Gasteiger partial charge in [0.1, 0.15) is 5.02 Å². The molecule has 0 aliphatic rings. The lowest BCUT2D eigenvalue weighted by atomic mass is 10.3. The van der Waals surface area contributed by atoms with Crippen LogP contribution in [0.25, 0.3) is 0 Å². The summed E-state index contributed by atoms with van der Waals surface area (Å²) < 4.78 is 5.31. The van der Waals surface area contributed by atoms with E-state index in [1.807, 2.05) is 0 Å². The third kappa shape index (κ3) is 3.07. The zero-order valence-electron chi connectivity index (χ0n) is 9.44. The summed E-state index contributed by atoms with van der Waals surface area (Å²) >= 11 is 23.3. The Balaban J connectivity index is 2.50. The van der Waals surface area contributed by atoms with Crippen molar-refractivity contribution in [3.63, 3.8) is 0 Å². The molecule has 0 atom stereocenters. The van der Waals surface area contributed by atoms with E-state index in [1.54, 1.807) is 0 Å². The van der Waals surface area contributed by atoms with E-state index in [-0.39, 0.29) is 37.5 Å². The number of benzene rings is 1. The third-order valence-electron chi connectivity index (χ3n) is 2.20. The molecular formula is C11H4Cl4N2O3. The van der Waals surface area contributed by atoms with Gasteiger partial charge in [-0.05, 0) is 12.1 Å². The molecule has 0 saturated heterocycles. The highest BCUT2D eigenvalue weighted by molar-refractivity contribution is 6.42. The van der Waals surface area contributed by atoms with Crippen LogP contribution >= 0.6 is 46.4 Å². The number of hydrogen-bond acceptors (Lipinski definition) is 4. The molecule has 0 aliphatic carbocycles. The molecule has 2 rings (SSSR count). The first-order valence-corrected chi connectivity index (χ1v) is 6.53. The number of para-hydroxylation sites is 1. The molecule has 0 amide bonds. The van der Waals surface area contributed by atoms with Crippen LogP contribution in [-0.2, 0) is 0 Å². The molecule has 0 saturated carbocycles. The summed E-state index contributed by atoms with van der Waals surface area (Å²) in [5.74, 6) is -0.302. The molecular weight excluding hydrogens is 350 g/mol. The van der Waals surface area contributed by atoms with Gasteiger partial charge in [-0.15, -0.1) is 0 Å². The number of aromatic nitrogens is 1. The van der Waals surface area contributed by atoms with Crippen molar-refractivity contribution in [1.82, 2.24) is 4.98 Å². The second-order valence-corrected chi connectivity index (χ2v) is 5.07. The van der Waals surface area contributed by atoms with Crippen molar-refractivity contribution in [2.45, 2.75) is 0 Å². The van der Waals surface area contributed by atoms with Crippen LogP contribution in [0.2, 0.25) is 20.2 Å². The minimum Gasteiger partial charge on any atom is -0.429 e. The minimum atomic E-state index is -0.632. The Kier molecular flexibility index (Phi) is 4.55. The van der Waals surface area contributed by atoms with E-state index in [2.05, 4.69) is 4.98 Å². The maximum atomic E-state index is 10.9. The van der Waals surface area contributed by atoms with Crippen LogP contribution in [0.5, 0.6) is 11.6 Å². The smallest absolute Gasteiger partial charge is 0.313 e. The average Bonchev–Trinajstić information content (AvgIpc) is 2.37. The van der Waals surface area contributed by atoms with Crippen molar-refractivity contribution in [1.29, 1.82) is 0 Å². The Morgan fingerprint density at radius 1 is 1.10 bits per heavy atom. The third-order valence-corrected chi connectivity index (χ3v) is 3.44. The fourth-order valence-corrected chi connectivity index (χ4v) is 2.08. The standard InChI is InChI=1S/C11H4Cl4N2O3/c12-5-2-1-3-8(17(18)19)9(5)20-11-7(14)4-6(13)10(15)16-11/h1-4H. The lowest BCUT2D eigenvalue weighted by Crippen LogP contribution is -1.96. The van der Waals surface area contributed by atoms with Gasteiger partial charge in [0.25, 0.3) is 0 Å². The van der Waals surface area contributed by atoms with Gasteiger partial charge in [0.15, 0.2) is 5.15 Å². The topological polar surface area (TPSA) is 65.3 Å². The van der Waals surface area contributed by atoms with Crippen LogP contribution in [0.1, 0.15) is 0 Å². The van der Waals surface area contributed by atoms with Crippen molar-refractivity contribution in [2.24, 2.45) is 0 Å². The number of pyridine rings is 1. The lowest BCUT2D eigenvalue weighted by molar-refractivity contribution is -0.385. The number of ether oxygens (including phenoxy) is 1. The van der Waals surface area contributed by atoms with Crippen LogP contribution in [0.4, 0.5) is 5.69 Å². The van der Waals surface area contributed by atoms with Crippen LogP contribution in [0.15, 0.2) is 24.3 Å². The molecule has 104 valence electrons. The number of nitro benzene ring substituents is 1. The fraction of sp³-hybridized carbons (Fsp3) is 0. The van der Waals surface area contributed by atoms with Crippen LogP contribution in [-0.4, -0.2) is 9.91 Å². The number of rotatable bonds is 3. The highest BCUT2D eigenvalue weighted by Gasteiger charge is 2.21. The normalized spacial score (nSPS) is 10.4. The summed E-state index contributed by atoms with van der Waals surface area (Å²) in [6.45, 7) is 0. The summed E-state index contributed by atoms with van der Waals surface area (Å²) in [6, 6.07) is 5.43. The molecule has 20 heavy (non-hydrogen) atoms. The van der Waals surface area contributed by atoms with Gasteiger partial charge >= 0.3 is 5.69 Å². The monoisotopic (exact) mass is 352 g/mol. The average molecular weight is 354 g/mol. The number of nitrogens with zero attached hydrogens (tertiary/aromatic N) is 2. The predicted molar refractivity (Wildman–Crippen MR) is 77.4 cm³/mol. The summed E-state index contributed by atoms with van der Waals surface area (Å²) in [5.41, 5.74) is -0.318. The predicted octanol–water partition coefficient (Wildman–Crippen LogP) is 5.40. The van der Waals surface area contributed by atoms with Gasteiger partial charge in [0.2, 0.25) is 11.6 Å². The van der Waals surface area contributed by atoms with Crippen molar-refractivity contribution in [3.05, 3.63) is 54.6 Å². The fourth-order valence-electron chi connectivity index (χ4n) is 1.34. The van der Waals surface area contributed by atoms with Gasteiger partial charge < -0.3 is 4.74 Å². The summed E-state index contributed by atoms with van der Waals surface area (Å²) in [7, 11) is 0. The Bertz CT molecular complexity index is 694. The second-order valence-electron chi connectivity index (χ2n) is 3.50. The molecule has 1 aromatic carbocycles. The molecule has 9 heteroatoms. The van der Waals surface area contributed by atoms with E-state index in [1.165, 1.54) is 24.3 Å². The van der Waals surface area contributed by atoms with Crippen molar-refractivity contribution >= 4 is 52.1 Å². The van der Waals surface area contributed by atoms with E-state index in [0.29, 0.717) is 0 Å². The van der Waals surface area contributed by atoms with Gasteiger partial charge in [-0.1, -0.05) is 52.5 Å². The van der Waals surface area contributed by atoms with Crippen LogP contribution in [0, 0.1) is 10.1 Å². The zero-order chi connectivity index (χ0) is 14.9. The first kappa shape index (κ1) is 15.1. The van der Waals surface area contributed by atoms with Gasteiger partial charge in [0, 0.05) is 6.07 Å². The van der Waals surface area contributed by atoms with Gasteiger partial charge in [-0.2, -0.15) is 4.98 Å². The minimum absolute atomic E-state index is 0.0410. The van der Waals surface area contributed by atoms with Crippen LogP contribution < -0.4 is 4.74 Å². The Morgan fingerprint density at radius 2 is 1.80 bits per heavy atom. The number of halogens is 4. The summed E-state index contributed by atoms with van der Waals surface area (Å²) in [4.78, 5) is 14.1. The molecule has 0 spiro atoms. The number of hydrogen-bond donors (Lipinski definition) is 0. The van der Waals surface area contributed by atoms with E-state index < -0.39 is 4.92 Å². The largest absolute Gasteiger partial charge is 0.429 e. The van der Waals surface area contributed by atoms with Crippen molar-refractivity contribution in [3.8, 4) is 11.6 Å². The maximum absolute atomic E-state index is 10.9. The molecule has 1 aromatic heterocycles. The molecule has 0 N–H and O–H groups in total. The Morgan fingerprint density at radius 3 is 2.45 bits per heavy atom. The van der Waals surface area contributed by atoms with E-state index in [0.717, 1.165) is 0 Å². The molecule has 0 bridgehead atoms. The molecule has 1 heterocycles. The van der Waals surface area contributed by atoms with Crippen molar-refractivity contribution in [2.75, 3.05) is 0 Å². The number of nitro groups is 1. The molecule has 5 nitrogen and oxygen atoms in total. The molecule has 0 fully saturated rings. The van der Waals surface area contributed by atoms with Gasteiger partial charge in [-0.25, -0.2) is 0 Å². The molecule has 0 aliphatic heterocycles. The quantitative estimate of drug-likeness (QED) is 0.421. The van der Waals surface area contributed by atoms with E-state index in [9.17, 15) is 10.1 Å². The lowest BCUT2D eigenvalue weighted by Gasteiger charge is -2.09. The van der Waals surface area contributed by atoms with Gasteiger partial charge in [0.05, 0.1) is 15.0 Å². The van der Waals surface area contributed by atoms with Gasteiger partial charge in [-0.3, -0.25) is 10.1 Å². The molecule has 2 aromatic rings. The summed E-state index contributed by atoms with van der Waals surface area (Å²) in [6.07, 6.45) is 0. The van der Waals surface area contributed by atoms with E-state index >= 15 is 0 Å². The molecule has 0 unspecified atom stereocenters. The first-order chi connectivity index (χ1) is 9.40. The Hall–Kier alpha value is -1.27.